The smallest absolute Gasteiger partial charge is 0.129 e. The maximum Gasteiger partial charge on any atom is 0.129 e. The van der Waals surface area contributed by atoms with Crippen LogP contribution in [0.4, 0.5) is 4.39 Å². The van der Waals surface area contributed by atoms with Gasteiger partial charge in [-0.1, -0.05) is 0 Å². The van der Waals surface area contributed by atoms with E-state index in [1.165, 1.54) is 6.07 Å². The predicted molar refractivity (Wildman–Crippen MR) is 52.7 cm³/mol. The highest BCUT2D eigenvalue weighted by atomic mass is 127. The summed E-state index contributed by atoms with van der Waals surface area (Å²) in [5.74, 6) is -0.361. The van der Waals surface area contributed by atoms with E-state index in [0.717, 1.165) is 8.04 Å². The van der Waals surface area contributed by atoms with Crippen molar-refractivity contribution < 1.29 is 9.50 Å². The SMILES string of the molecule is OCc1cc(Br)c(I)cc1F. The molecule has 0 amide bonds. The number of halogens is 3. The molecule has 1 nitrogen and oxygen atoms in total. The van der Waals surface area contributed by atoms with Gasteiger partial charge in [-0.05, 0) is 50.7 Å². The molecular weight excluding hydrogens is 326 g/mol. The molecule has 4 heteroatoms. The lowest BCUT2D eigenvalue weighted by molar-refractivity contribution is 0.275. The lowest BCUT2D eigenvalue weighted by Crippen LogP contribution is -1.90. The maximum absolute atomic E-state index is 12.8. The molecule has 0 unspecified atom stereocenters. The molecule has 0 heterocycles. The Hall–Kier alpha value is 0.320. The molecule has 0 aliphatic carbocycles. The molecule has 1 N–H and O–H groups in total. The Morgan fingerprint density at radius 2 is 2.18 bits per heavy atom. The van der Waals surface area contributed by atoms with Crippen LogP contribution >= 0.6 is 38.5 Å². The zero-order valence-electron chi connectivity index (χ0n) is 5.44. The lowest BCUT2D eigenvalue weighted by Gasteiger charge is -2.01. The Morgan fingerprint density at radius 3 is 2.73 bits per heavy atom. The van der Waals surface area contributed by atoms with E-state index in [4.69, 9.17) is 5.11 Å². The quantitative estimate of drug-likeness (QED) is 0.620. The highest BCUT2D eigenvalue weighted by molar-refractivity contribution is 14.1. The monoisotopic (exact) mass is 330 g/mol. The standard InChI is InChI=1S/C7H5BrFIO/c8-5-1-4(3-11)6(9)2-7(5)10/h1-2,11H,3H2. The van der Waals surface area contributed by atoms with E-state index in [2.05, 4.69) is 15.9 Å². The van der Waals surface area contributed by atoms with Crippen LogP contribution in [0.15, 0.2) is 16.6 Å². The van der Waals surface area contributed by atoms with E-state index in [0.29, 0.717) is 5.56 Å². The first-order chi connectivity index (χ1) is 5.15. The molecule has 0 aromatic heterocycles. The van der Waals surface area contributed by atoms with Gasteiger partial charge in [0.25, 0.3) is 0 Å². The molecule has 0 atom stereocenters. The fourth-order valence-electron chi connectivity index (χ4n) is 0.685. The van der Waals surface area contributed by atoms with Crippen molar-refractivity contribution in [3.05, 3.63) is 31.6 Å². The zero-order chi connectivity index (χ0) is 8.43. The van der Waals surface area contributed by atoms with Crippen molar-refractivity contribution in [2.24, 2.45) is 0 Å². The van der Waals surface area contributed by atoms with Crippen molar-refractivity contribution in [1.82, 2.24) is 0 Å². The average molecular weight is 331 g/mol. The number of hydrogen-bond donors (Lipinski definition) is 1. The van der Waals surface area contributed by atoms with Crippen LogP contribution in [0.3, 0.4) is 0 Å². The van der Waals surface area contributed by atoms with Gasteiger partial charge in [0.2, 0.25) is 0 Å². The van der Waals surface area contributed by atoms with E-state index in [1.54, 1.807) is 6.07 Å². The van der Waals surface area contributed by atoms with Crippen LogP contribution < -0.4 is 0 Å². The molecule has 11 heavy (non-hydrogen) atoms. The van der Waals surface area contributed by atoms with Crippen LogP contribution in [0.1, 0.15) is 5.56 Å². The van der Waals surface area contributed by atoms with Gasteiger partial charge in [0.15, 0.2) is 0 Å². The van der Waals surface area contributed by atoms with Gasteiger partial charge >= 0.3 is 0 Å². The summed E-state index contributed by atoms with van der Waals surface area (Å²) < 4.78 is 14.5. The minimum atomic E-state index is -0.361. The predicted octanol–water partition coefficient (Wildman–Crippen LogP) is 2.69. The van der Waals surface area contributed by atoms with Crippen LogP contribution in [0.5, 0.6) is 0 Å². The van der Waals surface area contributed by atoms with E-state index >= 15 is 0 Å². The summed E-state index contributed by atoms with van der Waals surface area (Å²) in [6, 6.07) is 2.97. The van der Waals surface area contributed by atoms with Crippen LogP contribution in [0.2, 0.25) is 0 Å². The largest absolute Gasteiger partial charge is 0.392 e. The first kappa shape index (κ1) is 9.41. The van der Waals surface area contributed by atoms with Crippen molar-refractivity contribution in [1.29, 1.82) is 0 Å². The van der Waals surface area contributed by atoms with Crippen LogP contribution in [-0.4, -0.2) is 5.11 Å². The summed E-state index contributed by atoms with van der Waals surface area (Å²) in [7, 11) is 0. The maximum atomic E-state index is 12.8. The molecule has 0 aliphatic rings. The van der Waals surface area contributed by atoms with Crippen molar-refractivity contribution in [2.45, 2.75) is 6.61 Å². The third-order valence-corrected chi connectivity index (χ3v) is 3.55. The fraction of sp³-hybridized carbons (Fsp3) is 0.143. The van der Waals surface area contributed by atoms with Gasteiger partial charge in [-0.3, -0.25) is 0 Å². The Labute approximate surface area is 85.9 Å². The van der Waals surface area contributed by atoms with Gasteiger partial charge in [0.05, 0.1) is 6.61 Å². The van der Waals surface area contributed by atoms with Crippen molar-refractivity contribution in [2.75, 3.05) is 0 Å². The van der Waals surface area contributed by atoms with E-state index in [-0.39, 0.29) is 12.4 Å². The van der Waals surface area contributed by atoms with Crippen molar-refractivity contribution in [3.8, 4) is 0 Å². The Balaban J connectivity index is 3.21. The van der Waals surface area contributed by atoms with Crippen molar-refractivity contribution in [3.63, 3.8) is 0 Å². The fourth-order valence-corrected chi connectivity index (χ4v) is 1.50. The number of rotatable bonds is 1. The van der Waals surface area contributed by atoms with Crippen LogP contribution in [0.25, 0.3) is 0 Å². The summed E-state index contributed by atoms with van der Waals surface area (Å²) in [6.07, 6.45) is 0. The minimum Gasteiger partial charge on any atom is -0.392 e. The summed E-state index contributed by atoms with van der Waals surface area (Å²) >= 11 is 5.25. The third kappa shape index (κ3) is 2.13. The molecule has 1 aromatic rings. The highest BCUT2D eigenvalue weighted by Gasteiger charge is 2.04. The Morgan fingerprint density at radius 1 is 1.55 bits per heavy atom. The van der Waals surface area contributed by atoms with E-state index in [9.17, 15) is 4.39 Å². The first-order valence-corrected chi connectivity index (χ1v) is 4.76. The summed E-state index contributed by atoms with van der Waals surface area (Å²) in [5, 5.41) is 8.67. The number of benzene rings is 1. The van der Waals surface area contributed by atoms with E-state index in [1.807, 2.05) is 22.6 Å². The summed E-state index contributed by atoms with van der Waals surface area (Å²) in [4.78, 5) is 0. The lowest BCUT2D eigenvalue weighted by atomic mass is 10.2. The normalized spacial score (nSPS) is 10.2. The Bertz CT molecular complexity index is 277. The molecule has 0 bridgehead atoms. The minimum absolute atomic E-state index is 0.263. The first-order valence-electron chi connectivity index (χ1n) is 2.89. The van der Waals surface area contributed by atoms with Crippen LogP contribution in [-0.2, 0) is 6.61 Å². The van der Waals surface area contributed by atoms with Gasteiger partial charge in [0, 0.05) is 13.6 Å². The number of aliphatic hydroxyl groups is 1. The van der Waals surface area contributed by atoms with Gasteiger partial charge in [-0.2, -0.15) is 0 Å². The summed E-state index contributed by atoms with van der Waals surface area (Å²) in [5.41, 5.74) is 0.317. The van der Waals surface area contributed by atoms with Crippen LogP contribution in [0, 0.1) is 9.39 Å². The molecule has 1 rings (SSSR count). The second-order valence-electron chi connectivity index (χ2n) is 2.02. The molecule has 0 radical (unpaired) electrons. The van der Waals surface area contributed by atoms with Crippen molar-refractivity contribution >= 4 is 38.5 Å². The second kappa shape index (κ2) is 3.82. The van der Waals surface area contributed by atoms with Gasteiger partial charge in [0.1, 0.15) is 5.82 Å². The van der Waals surface area contributed by atoms with Gasteiger partial charge in [-0.25, -0.2) is 4.39 Å². The Kier molecular flexibility index (Phi) is 3.27. The highest BCUT2D eigenvalue weighted by Crippen LogP contribution is 2.22. The topological polar surface area (TPSA) is 20.2 Å². The molecule has 60 valence electrons. The van der Waals surface area contributed by atoms with Gasteiger partial charge < -0.3 is 5.11 Å². The molecule has 0 saturated carbocycles. The molecule has 0 saturated heterocycles. The van der Waals surface area contributed by atoms with E-state index < -0.39 is 0 Å². The van der Waals surface area contributed by atoms with Gasteiger partial charge in [-0.15, -0.1) is 0 Å². The third-order valence-electron chi connectivity index (χ3n) is 1.26. The number of aliphatic hydroxyl groups excluding tert-OH is 1. The summed E-state index contributed by atoms with van der Waals surface area (Å²) in [6.45, 7) is -0.263. The molecule has 0 fully saturated rings. The molecule has 1 aromatic carbocycles. The zero-order valence-corrected chi connectivity index (χ0v) is 9.19. The molecule has 0 aliphatic heterocycles. The number of hydrogen-bond acceptors (Lipinski definition) is 1. The molecular formula is C7H5BrFIO. The molecule has 0 spiro atoms. The average Bonchev–Trinajstić information content (AvgIpc) is 1.97. The second-order valence-corrected chi connectivity index (χ2v) is 4.03.